The lowest BCUT2D eigenvalue weighted by molar-refractivity contribution is -0.142. The third-order valence-corrected chi connectivity index (χ3v) is 5.18. The normalized spacial score (nSPS) is 14.6. The van der Waals surface area contributed by atoms with Crippen molar-refractivity contribution in [3.8, 4) is 11.1 Å². The van der Waals surface area contributed by atoms with Crippen LogP contribution in [-0.2, 0) is 14.4 Å². The van der Waals surface area contributed by atoms with Gasteiger partial charge in [-0.15, -0.1) is 0 Å². The van der Waals surface area contributed by atoms with Crippen LogP contribution < -0.4 is 10.6 Å². The Labute approximate surface area is 170 Å². The lowest BCUT2D eigenvalue weighted by atomic mass is 9.89. The molecule has 6 heteroatoms. The highest BCUT2D eigenvalue weighted by molar-refractivity contribution is 5.92. The smallest absolute Gasteiger partial charge is 0.327 e. The van der Waals surface area contributed by atoms with Gasteiger partial charge in [-0.2, -0.15) is 0 Å². The highest BCUT2D eigenvalue weighted by Gasteiger charge is 2.39. The van der Waals surface area contributed by atoms with Crippen molar-refractivity contribution in [1.29, 1.82) is 0 Å². The van der Waals surface area contributed by atoms with E-state index in [1.165, 1.54) is 6.92 Å². The van der Waals surface area contributed by atoms with Crippen molar-refractivity contribution in [2.24, 2.45) is 5.92 Å². The standard InChI is InChI=1S/C23H26N2O4/c1-13(2)12-19(24-14(3)26)22(27)25-21(23(28)29)20-17-10-6-4-8-15(17)16-9-5-7-11-18(16)20/h4-11,13,19-21H,12H2,1-3H3,(H,24,26)(H,25,27)(H,28,29)/t19-,21-/m0/s1. The molecule has 2 aromatic carbocycles. The monoisotopic (exact) mass is 394 g/mol. The minimum atomic E-state index is -1.14. The Hall–Kier alpha value is -3.15. The number of carboxylic acid groups (broad SMARTS) is 1. The van der Waals surface area contributed by atoms with Crippen molar-refractivity contribution in [3.63, 3.8) is 0 Å². The number of amides is 2. The topological polar surface area (TPSA) is 95.5 Å². The molecule has 0 heterocycles. The summed E-state index contributed by atoms with van der Waals surface area (Å²) >= 11 is 0. The van der Waals surface area contributed by atoms with E-state index in [2.05, 4.69) is 10.6 Å². The summed E-state index contributed by atoms with van der Waals surface area (Å²) in [6.07, 6.45) is 0.426. The third-order valence-electron chi connectivity index (χ3n) is 5.18. The van der Waals surface area contributed by atoms with Crippen LogP contribution in [0.15, 0.2) is 48.5 Å². The van der Waals surface area contributed by atoms with Gasteiger partial charge >= 0.3 is 5.97 Å². The molecule has 2 atom stereocenters. The molecule has 6 nitrogen and oxygen atoms in total. The van der Waals surface area contributed by atoms with E-state index in [1.807, 2.05) is 62.4 Å². The molecule has 2 amide bonds. The summed E-state index contributed by atoms with van der Waals surface area (Å²) in [6.45, 7) is 5.24. The molecule has 2 aromatic rings. The molecule has 0 aliphatic heterocycles. The molecule has 0 radical (unpaired) electrons. The highest BCUT2D eigenvalue weighted by Crippen LogP contribution is 2.46. The number of hydrogen-bond donors (Lipinski definition) is 3. The molecule has 0 saturated heterocycles. The van der Waals surface area contributed by atoms with E-state index in [9.17, 15) is 19.5 Å². The van der Waals surface area contributed by atoms with Crippen LogP contribution in [0.25, 0.3) is 11.1 Å². The van der Waals surface area contributed by atoms with E-state index < -0.39 is 29.9 Å². The quantitative estimate of drug-likeness (QED) is 0.673. The number of fused-ring (bicyclic) bond motifs is 3. The molecule has 0 bridgehead atoms. The fourth-order valence-electron chi connectivity index (χ4n) is 4.04. The summed E-state index contributed by atoms with van der Waals surface area (Å²) in [4.78, 5) is 36.7. The predicted molar refractivity (Wildman–Crippen MR) is 110 cm³/mol. The number of benzene rings is 2. The molecule has 0 spiro atoms. The van der Waals surface area contributed by atoms with Crippen molar-refractivity contribution in [3.05, 3.63) is 59.7 Å². The first kappa shape index (κ1) is 20.6. The van der Waals surface area contributed by atoms with Crippen LogP contribution in [-0.4, -0.2) is 35.0 Å². The molecule has 0 aromatic heterocycles. The number of rotatable bonds is 7. The summed E-state index contributed by atoms with van der Waals surface area (Å²) in [5.41, 5.74) is 3.71. The number of carbonyl (C=O) groups excluding carboxylic acids is 2. The second-order valence-electron chi connectivity index (χ2n) is 7.86. The van der Waals surface area contributed by atoms with Crippen LogP contribution in [0.5, 0.6) is 0 Å². The van der Waals surface area contributed by atoms with E-state index in [-0.39, 0.29) is 11.8 Å². The van der Waals surface area contributed by atoms with Crippen molar-refractivity contribution < 1.29 is 19.5 Å². The summed E-state index contributed by atoms with van der Waals surface area (Å²) in [5.74, 6) is -2.26. The van der Waals surface area contributed by atoms with Gasteiger partial charge in [0.15, 0.2) is 0 Å². The zero-order chi connectivity index (χ0) is 21.1. The molecule has 1 aliphatic carbocycles. The van der Waals surface area contributed by atoms with Gasteiger partial charge in [0.05, 0.1) is 0 Å². The zero-order valence-electron chi connectivity index (χ0n) is 16.8. The first-order valence-corrected chi connectivity index (χ1v) is 9.78. The second-order valence-corrected chi connectivity index (χ2v) is 7.86. The maximum absolute atomic E-state index is 12.9. The van der Waals surface area contributed by atoms with Gasteiger partial charge in [-0.25, -0.2) is 4.79 Å². The largest absolute Gasteiger partial charge is 0.480 e. The first-order valence-electron chi connectivity index (χ1n) is 9.78. The van der Waals surface area contributed by atoms with E-state index in [0.29, 0.717) is 6.42 Å². The molecule has 1 aliphatic rings. The first-order chi connectivity index (χ1) is 13.8. The van der Waals surface area contributed by atoms with Crippen LogP contribution >= 0.6 is 0 Å². The van der Waals surface area contributed by atoms with Crippen LogP contribution in [0.1, 0.15) is 44.2 Å². The minimum Gasteiger partial charge on any atom is -0.480 e. The SMILES string of the molecule is CC(=O)N[C@@H](CC(C)C)C(=O)N[C@H](C(=O)O)C1c2ccccc2-c2ccccc21. The van der Waals surface area contributed by atoms with Gasteiger partial charge in [-0.05, 0) is 34.6 Å². The van der Waals surface area contributed by atoms with Gasteiger partial charge in [-0.3, -0.25) is 9.59 Å². The molecule has 0 saturated carbocycles. The number of aliphatic carboxylic acids is 1. The van der Waals surface area contributed by atoms with E-state index in [4.69, 9.17) is 0 Å². The van der Waals surface area contributed by atoms with Crippen LogP contribution in [0, 0.1) is 5.92 Å². The van der Waals surface area contributed by atoms with E-state index in [1.54, 1.807) is 0 Å². The van der Waals surface area contributed by atoms with Gasteiger partial charge in [0, 0.05) is 12.8 Å². The number of carboxylic acids is 1. The zero-order valence-corrected chi connectivity index (χ0v) is 16.8. The maximum Gasteiger partial charge on any atom is 0.327 e. The van der Waals surface area contributed by atoms with Gasteiger partial charge in [-0.1, -0.05) is 62.4 Å². The molecular formula is C23H26N2O4. The molecule has 0 unspecified atom stereocenters. The average molecular weight is 394 g/mol. The molecule has 3 N–H and O–H groups in total. The van der Waals surface area contributed by atoms with Gasteiger partial charge in [0.1, 0.15) is 12.1 Å². The van der Waals surface area contributed by atoms with Crippen molar-refractivity contribution in [2.75, 3.05) is 0 Å². The van der Waals surface area contributed by atoms with Crippen LogP contribution in [0.4, 0.5) is 0 Å². The fraction of sp³-hybridized carbons (Fsp3) is 0.348. The van der Waals surface area contributed by atoms with Gasteiger partial charge < -0.3 is 15.7 Å². The van der Waals surface area contributed by atoms with Gasteiger partial charge in [0.25, 0.3) is 0 Å². The Morgan fingerprint density at radius 1 is 0.931 bits per heavy atom. The molecule has 152 valence electrons. The highest BCUT2D eigenvalue weighted by atomic mass is 16.4. The van der Waals surface area contributed by atoms with Crippen LogP contribution in [0.2, 0.25) is 0 Å². The Morgan fingerprint density at radius 3 is 1.90 bits per heavy atom. The molecular weight excluding hydrogens is 368 g/mol. The second kappa shape index (κ2) is 8.47. The maximum atomic E-state index is 12.9. The van der Waals surface area contributed by atoms with Crippen molar-refractivity contribution >= 4 is 17.8 Å². The fourth-order valence-corrected chi connectivity index (χ4v) is 4.04. The molecule has 3 rings (SSSR count). The molecule has 0 fully saturated rings. The van der Waals surface area contributed by atoms with Crippen LogP contribution in [0.3, 0.4) is 0 Å². The molecule has 29 heavy (non-hydrogen) atoms. The average Bonchev–Trinajstić information content (AvgIpc) is 2.99. The Balaban J connectivity index is 1.95. The number of nitrogens with one attached hydrogen (secondary N) is 2. The minimum absolute atomic E-state index is 0.161. The van der Waals surface area contributed by atoms with Crippen molar-refractivity contribution in [2.45, 2.75) is 45.2 Å². The third kappa shape index (κ3) is 4.31. The lowest BCUT2D eigenvalue weighted by Crippen LogP contribution is -2.53. The van der Waals surface area contributed by atoms with Gasteiger partial charge in [0.2, 0.25) is 11.8 Å². The Morgan fingerprint density at radius 2 is 1.45 bits per heavy atom. The van der Waals surface area contributed by atoms with E-state index in [0.717, 1.165) is 22.3 Å². The summed E-state index contributed by atoms with van der Waals surface area (Å²) in [6, 6.07) is 13.4. The number of hydrogen-bond acceptors (Lipinski definition) is 3. The predicted octanol–water partition coefficient (Wildman–Crippen LogP) is 2.92. The van der Waals surface area contributed by atoms with Crippen molar-refractivity contribution in [1.82, 2.24) is 10.6 Å². The summed E-state index contributed by atoms with van der Waals surface area (Å²) in [5, 5.41) is 15.3. The number of carbonyl (C=O) groups is 3. The summed E-state index contributed by atoms with van der Waals surface area (Å²) in [7, 11) is 0. The van der Waals surface area contributed by atoms with E-state index >= 15 is 0 Å². The Bertz CT molecular complexity index is 892. The summed E-state index contributed by atoms with van der Waals surface area (Å²) < 4.78 is 0. The lowest BCUT2D eigenvalue weighted by Gasteiger charge is -2.26. The Kier molecular flexibility index (Phi) is 6.01.